The molecule has 2 heterocycles. The van der Waals surface area contributed by atoms with Gasteiger partial charge >= 0.3 is 0 Å². The summed E-state index contributed by atoms with van der Waals surface area (Å²) in [5, 5.41) is 7.19. The molecular formula is C14H22N6O. The Hall–Kier alpha value is -2.18. The number of carbonyl (C=O) groups is 1. The minimum atomic E-state index is -0.0757. The fourth-order valence-corrected chi connectivity index (χ4v) is 2.24. The topological polar surface area (TPSA) is 77.6 Å². The lowest BCUT2D eigenvalue weighted by Gasteiger charge is -2.16. The van der Waals surface area contributed by atoms with Gasteiger partial charge < -0.3 is 9.88 Å². The van der Waals surface area contributed by atoms with E-state index in [1.165, 1.54) is 6.33 Å². The summed E-state index contributed by atoms with van der Waals surface area (Å²) in [5.74, 6) is 0.871. The molecule has 2 rings (SSSR count). The molecule has 0 radical (unpaired) electrons. The van der Waals surface area contributed by atoms with Gasteiger partial charge in [-0.05, 0) is 19.8 Å². The van der Waals surface area contributed by atoms with Gasteiger partial charge in [0, 0.05) is 31.9 Å². The molecule has 1 amide bonds. The number of nitrogens with one attached hydrogen (secondary N) is 1. The van der Waals surface area contributed by atoms with Crippen molar-refractivity contribution in [3.8, 4) is 0 Å². The number of nitrogens with zero attached hydrogens (tertiary/aromatic N) is 5. The zero-order valence-electron chi connectivity index (χ0n) is 12.6. The minimum absolute atomic E-state index is 0.0487. The van der Waals surface area contributed by atoms with Crippen molar-refractivity contribution in [2.75, 3.05) is 0 Å². The summed E-state index contributed by atoms with van der Waals surface area (Å²) < 4.78 is 3.79. The average molecular weight is 290 g/mol. The van der Waals surface area contributed by atoms with E-state index in [-0.39, 0.29) is 11.9 Å². The molecule has 1 N–H and O–H groups in total. The third-order valence-corrected chi connectivity index (χ3v) is 3.38. The molecule has 0 saturated carbocycles. The maximum absolute atomic E-state index is 12.0. The van der Waals surface area contributed by atoms with Crippen LogP contribution in [0.25, 0.3) is 0 Å². The number of aryl methyl sites for hydroxylation is 2. The second-order valence-corrected chi connectivity index (χ2v) is 4.87. The number of hydrogen-bond acceptors (Lipinski definition) is 4. The van der Waals surface area contributed by atoms with Gasteiger partial charge in [-0.2, -0.15) is 5.10 Å². The summed E-state index contributed by atoms with van der Waals surface area (Å²) in [7, 11) is 0. The van der Waals surface area contributed by atoms with Crippen LogP contribution in [0.2, 0.25) is 0 Å². The van der Waals surface area contributed by atoms with Gasteiger partial charge in [-0.15, -0.1) is 0 Å². The van der Waals surface area contributed by atoms with Crippen molar-refractivity contribution in [2.45, 2.75) is 52.2 Å². The van der Waals surface area contributed by atoms with Gasteiger partial charge in [0.15, 0.2) is 0 Å². The average Bonchev–Trinajstić information content (AvgIpc) is 3.15. The summed E-state index contributed by atoms with van der Waals surface area (Å²) in [6.45, 7) is 5.60. The van der Waals surface area contributed by atoms with E-state index in [2.05, 4.69) is 20.4 Å². The number of carbonyl (C=O) groups excluding carboxylic acids is 1. The summed E-state index contributed by atoms with van der Waals surface area (Å²) in [6, 6.07) is -0.0757. The predicted octanol–water partition coefficient (Wildman–Crippen LogP) is 1.54. The Kier molecular flexibility index (Phi) is 5.48. The molecule has 0 aromatic carbocycles. The smallest absolute Gasteiger partial charge is 0.220 e. The summed E-state index contributed by atoms with van der Waals surface area (Å²) >= 11 is 0. The van der Waals surface area contributed by atoms with Crippen molar-refractivity contribution >= 4 is 5.91 Å². The van der Waals surface area contributed by atoms with Gasteiger partial charge in [0.05, 0.1) is 12.4 Å². The molecule has 2 aromatic heterocycles. The normalized spacial score (nSPS) is 12.3. The molecule has 0 aliphatic heterocycles. The molecule has 0 aliphatic rings. The number of rotatable bonds is 8. The largest absolute Gasteiger partial charge is 0.346 e. The molecule has 1 atom stereocenters. The second-order valence-electron chi connectivity index (χ2n) is 4.87. The fraction of sp³-hybridized carbons (Fsp3) is 0.571. The molecule has 0 saturated heterocycles. The quantitative estimate of drug-likeness (QED) is 0.800. The van der Waals surface area contributed by atoms with Crippen molar-refractivity contribution < 1.29 is 4.79 Å². The Bertz CT molecular complexity index is 548. The van der Waals surface area contributed by atoms with E-state index in [0.717, 1.165) is 31.8 Å². The first-order valence-corrected chi connectivity index (χ1v) is 7.37. The summed E-state index contributed by atoms with van der Waals surface area (Å²) in [5.41, 5.74) is 0. The third-order valence-electron chi connectivity index (χ3n) is 3.38. The van der Waals surface area contributed by atoms with Crippen LogP contribution in [0.1, 0.15) is 45.0 Å². The molecule has 21 heavy (non-hydrogen) atoms. The summed E-state index contributed by atoms with van der Waals surface area (Å²) in [4.78, 5) is 20.3. The van der Waals surface area contributed by atoms with E-state index in [4.69, 9.17) is 0 Å². The second kappa shape index (κ2) is 7.56. The van der Waals surface area contributed by atoms with Gasteiger partial charge in [0.2, 0.25) is 5.91 Å². The van der Waals surface area contributed by atoms with E-state index < -0.39 is 0 Å². The zero-order valence-corrected chi connectivity index (χ0v) is 12.6. The van der Waals surface area contributed by atoms with Crippen molar-refractivity contribution in [1.29, 1.82) is 0 Å². The van der Waals surface area contributed by atoms with Crippen molar-refractivity contribution in [1.82, 2.24) is 29.6 Å². The van der Waals surface area contributed by atoms with Crippen LogP contribution < -0.4 is 5.32 Å². The molecule has 7 heteroatoms. The Morgan fingerprint density at radius 3 is 2.95 bits per heavy atom. The molecule has 2 aromatic rings. The highest BCUT2D eigenvalue weighted by atomic mass is 16.1. The molecule has 0 unspecified atom stereocenters. The van der Waals surface area contributed by atoms with Gasteiger partial charge in [-0.3, -0.25) is 4.79 Å². The molecule has 0 bridgehead atoms. The van der Waals surface area contributed by atoms with Crippen molar-refractivity contribution in [2.24, 2.45) is 0 Å². The first kappa shape index (κ1) is 15.2. The van der Waals surface area contributed by atoms with Gasteiger partial charge in [0.1, 0.15) is 12.2 Å². The maximum Gasteiger partial charge on any atom is 0.220 e. The lowest BCUT2D eigenvalue weighted by Crippen LogP contribution is -2.30. The lowest BCUT2D eigenvalue weighted by molar-refractivity contribution is -0.122. The van der Waals surface area contributed by atoms with Crippen molar-refractivity contribution in [3.63, 3.8) is 0 Å². The molecule has 114 valence electrons. The Balaban J connectivity index is 1.82. The zero-order chi connectivity index (χ0) is 15.1. The van der Waals surface area contributed by atoms with Crippen LogP contribution in [0.3, 0.4) is 0 Å². The highest BCUT2D eigenvalue weighted by Crippen LogP contribution is 2.13. The van der Waals surface area contributed by atoms with Gasteiger partial charge in [0.25, 0.3) is 0 Å². The van der Waals surface area contributed by atoms with E-state index >= 15 is 0 Å². The highest BCUT2D eigenvalue weighted by molar-refractivity contribution is 5.76. The predicted molar refractivity (Wildman–Crippen MR) is 78.3 cm³/mol. The lowest BCUT2D eigenvalue weighted by atomic mass is 10.2. The Labute approximate surface area is 124 Å². The Morgan fingerprint density at radius 1 is 1.43 bits per heavy atom. The number of aromatic nitrogens is 5. The molecule has 0 fully saturated rings. The van der Waals surface area contributed by atoms with Crippen LogP contribution >= 0.6 is 0 Å². The first-order chi connectivity index (χ1) is 10.2. The van der Waals surface area contributed by atoms with Crippen LogP contribution in [0.5, 0.6) is 0 Å². The van der Waals surface area contributed by atoms with E-state index in [1.807, 2.05) is 29.3 Å². The van der Waals surface area contributed by atoms with E-state index in [1.54, 1.807) is 12.5 Å². The first-order valence-electron chi connectivity index (χ1n) is 7.37. The van der Waals surface area contributed by atoms with Crippen LogP contribution in [0.15, 0.2) is 25.0 Å². The van der Waals surface area contributed by atoms with E-state index in [9.17, 15) is 4.79 Å². The van der Waals surface area contributed by atoms with Crippen LogP contribution in [-0.4, -0.2) is 30.2 Å². The molecule has 7 nitrogen and oxygen atoms in total. The van der Waals surface area contributed by atoms with Gasteiger partial charge in [-0.25, -0.2) is 14.6 Å². The Morgan fingerprint density at radius 2 is 2.29 bits per heavy atom. The standard InChI is InChI=1S/C14H22N6O/c1-3-12(14-16-10-17-20(14)4-2)18-13(21)6-5-8-19-9-7-15-11-19/h7,9-12H,3-6,8H2,1-2H3,(H,18,21)/t12-/m1/s1. The van der Waals surface area contributed by atoms with Crippen LogP contribution in [0.4, 0.5) is 0 Å². The molecular weight excluding hydrogens is 268 g/mol. The van der Waals surface area contributed by atoms with Crippen LogP contribution in [0, 0.1) is 0 Å². The number of imidazole rings is 1. The SMILES string of the molecule is CC[C@@H](NC(=O)CCCn1ccnc1)c1ncnn1CC. The van der Waals surface area contributed by atoms with E-state index in [0.29, 0.717) is 6.42 Å². The summed E-state index contributed by atoms with van der Waals surface area (Å²) in [6.07, 6.45) is 9.02. The van der Waals surface area contributed by atoms with Crippen LogP contribution in [-0.2, 0) is 17.9 Å². The van der Waals surface area contributed by atoms with Crippen molar-refractivity contribution in [3.05, 3.63) is 30.9 Å². The monoisotopic (exact) mass is 290 g/mol. The highest BCUT2D eigenvalue weighted by Gasteiger charge is 2.17. The molecule has 0 aliphatic carbocycles. The molecule has 0 spiro atoms. The van der Waals surface area contributed by atoms with Gasteiger partial charge in [-0.1, -0.05) is 6.92 Å². The third kappa shape index (κ3) is 4.14. The number of amides is 1. The fourth-order valence-electron chi connectivity index (χ4n) is 2.24. The maximum atomic E-state index is 12.0. The minimum Gasteiger partial charge on any atom is -0.346 e. The number of hydrogen-bond donors (Lipinski definition) is 1.